The Morgan fingerprint density at radius 3 is 2.67 bits per heavy atom. The quantitative estimate of drug-likeness (QED) is 0.890. The van der Waals surface area contributed by atoms with Crippen LogP contribution in [-0.4, -0.2) is 22.0 Å². The molecule has 1 aromatic heterocycles. The number of benzene rings is 1. The van der Waals surface area contributed by atoms with E-state index in [1.165, 1.54) is 0 Å². The third kappa shape index (κ3) is 3.30. The summed E-state index contributed by atoms with van der Waals surface area (Å²) in [5, 5.41) is 14.7. The van der Waals surface area contributed by atoms with Crippen molar-refractivity contribution in [1.82, 2.24) is 9.78 Å². The van der Waals surface area contributed by atoms with Crippen LogP contribution >= 0.6 is 15.9 Å². The van der Waals surface area contributed by atoms with Gasteiger partial charge in [-0.1, -0.05) is 13.0 Å². The highest BCUT2D eigenvalue weighted by Gasteiger charge is 2.17. The summed E-state index contributed by atoms with van der Waals surface area (Å²) < 4.78 is 8.11. The minimum Gasteiger partial charge on any atom is -0.496 e. The first-order chi connectivity index (χ1) is 9.97. The molecule has 114 valence electrons. The van der Waals surface area contributed by atoms with E-state index < -0.39 is 6.10 Å². The first-order valence-corrected chi connectivity index (χ1v) is 7.81. The Hall–Kier alpha value is -1.33. The smallest absolute Gasteiger partial charge is 0.133 e. The molecule has 0 spiro atoms. The van der Waals surface area contributed by atoms with Crippen molar-refractivity contribution in [2.45, 2.75) is 39.8 Å². The van der Waals surface area contributed by atoms with Crippen molar-refractivity contribution in [3.63, 3.8) is 0 Å². The predicted octanol–water partition coefficient (Wildman–Crippen LogP) is 3.76. The summed E-state index contributed by atoms with van der Waals surface area (Å²) in [6.45, 7) is 6.60. The molecule has 1 heterocycles. The van der Waals surface area contributed by atoms with E-state index in [4.69, 9.17) is 4.74 Å². The van der Waals surface area contributed by atoms with Gasteiger partial charge >= 0.3 is 0 Å². The molecule has 0 aliphatic heterocycles. The van der Waals surface area contributed by atoms with Gasteiger partial charge in [0.2, 0.25) is 0 Å². The van der Waals surface area contributed by atoms with Crippen molar-refractivity contribution in [2.24, 2.45) is 0 Å². The summed E-state index contributed by atoms with van der Waals surface area (Å²) in [6.07, 6.45) is 0.253. The van der Waals surface area contributed by atoms with Gasteiger partial charge in [0.1, 0.15) is 5.75 Å². The zero-order valence-corrected chi connectivity index (χ0v) is 14.4. The maximum atomic E-state index is 10.1. The monoisotopic (exact) mass is 352 g/mol. The van der Waals surface area contributed by atoms with E-state index in [1.54, 1.807) is 7.11 Å². The highest BCUT2D eigenvalue weighted by atomic mass is 79.9. The second-order valence-corrected chi connectivity index (χ2v) is 5.99. The van der Waals surface area contributed by atoms with Gasteiger partial charge in [-0.2, -0.15) is 5.10 Å². The summed E-state index contributed by atoms with van der Waals surface area (Å²) in [5.74, 6) is 0.814. The largest absolute Gasteiger partial charge is 0.496 e. The Balaban J connectivity index is 2.30. The molecule has 1 atom stereocenters. The van der Waals surface area contributed by atoms with E-state index in [0.29, 0.717) is 13.0 Å². The minimum absolute atomic E-state index is 0.443. The lowest BCUT2D eigenvalue weighted by Crippen LogP contribution is -2.05. The second kappa shape index (κ2) is 6.62. The Kier molecular flexibility index (Phi) is 5.06. The van der Waals surface area contributed by atoms with Crippen molar-refractivity contribution in [3.05, 3.63) is 45.2 Å². The first-order valence-electron chi connectivity index (χ1n) is 7.02. The molecule has 0 fully saturated rings. The van der Waals surface area contributed by atoms with Crippen LogP contribution in [0.25, 0.3) is 0 Å². The highest BCUT2D eigenvalue weighted by Crippen LogP contribution is 2.27. The van der Waals surface area contributed by atoms with Crippen molar-refractivity contribution >= 4 is 15.9 Å². The lowest BCUT2D eigenvalue weighted by molar-refractivity contribution is 0.172. The fraction of sp³-hybridized carbons (Fsp3) is 0.438. The number of halogens is 1. The van der Waals surface area contributed by atoms with Crippen LogP contribution in [0, 0.1) is 13.8 Å². The minimum atomic E-state index is -0.443. The van der Waals surface area contributed by atoms with Crippen molar-refractivity contribution in [3.8, 4) is 5.75 Å². The molecular weight excluding hydrogens is 332 g/mol. The number of aliphatic hydroxyl groups is 1. The van der Waals surface area contributed by atoms with E-state index in [0.717, 1.165) is 32.7 Å². The number of aryl methyl sites for hydroxylation is 1. The summed E-state index contributed by atoms with van der Waals surface area (Å²) in [7, 11) is 1.65. The predicted molar refractivity (Wildman–Crippen MR) is 86.7 cm³/mol. The SMILES string of the molecule is CCC(O)c1c(C)nn(Cc2ccc(OC)c(Br)c2)c1C. The van der Waals surface area contributed by atoms with Crippen LogP contribution in [0.5, 0.6) is 5.75 Å². The topological polar surface area (TPSA) is 47.3 Å². The molecule has 2 rings (SSSR count). The second-order valence-electron chi connectivity index (χ2n) is 5.14. The Bertz CT molecular complexity index is 637. The molecule has 0 radical (unpaired) electrons. The molecule has 0 amide bonds. The molecule has 1 N–H and O–H groups in total. The lowest BCUT2D eigenvalue weighted by atomic mass is 10.1. The molecule has 2 aromatic rings. The standard InChI is InChI=1S/C16H21BrN2O2/c1-5-14(20)16-10(2)18-19(11(16)3)9-12-6-7-15(21-4)13(17)8-12/h6-8,14,20H,5,9H2,1-4H3. The highest BCUT2D eigenvalue weighted by molar-refractivity contribution is 9.10. The molecule has 5 heteroatoms. The van der Waals surface area contributed by atoms with E-state index in [-0.39, 0.29) is 0 Å². The van der Waals surface area contributed by atoms with E-state index in [2.05, 4.69) is 21.0 Å². The molecule has 4 nitrogen and oxygen atoms in total. The number of aromatic nitrogens is 2. The molecule has 21 heavy (non-hydrogen) atoms. The van der Waals surface area contributed by atoms with Gasteiger partial charge in [-0.05, 0) is 53.9 Å². The number of rotatable bonds is 5. The van der Waals surface area contributed by atoms with Crippen LogP contribution < -0.4 is 4.74 Å². The van der Waals surface area contributed by atoms with Gasteiger partial charge < -0.3 is 9.84 Å². The average molecular weight is 353 g/mol. The van der Waals surface area contributed by atoms with Crippen LogP contribution in [0.2, 0.25) is 0 Å². The fourth-order valence-electron chi connectivity index (χ4n) is 2.53. The summed E-state index contributed by atoms with van der Waals surface area (Å²) in [6, 6.07) is 5.99. The summed E-state index contributed by atoms with van der Waals surface area (Å²) in [4.78, 5) is 0. The van der Waals surface area contributed by atoms with E-state index >= 15 is 0 Å². The maximum Gasteiger partial charge on any atom is 0.133 e. The van der Waals surface area contributed by atoms with Gasteiger partial charge in [-0.25, -0.2) is 0 Å². The normalized spacial score (nSPS) is 12.5. The van der Waals surface area contributed by atoms with Gasteiger partial charge in [-0.15, -0.1) is 0 Å². The molecule has 0 bridgehead atoms. The number of methoxy groups -OCH3 is 1. The number of ether oxygens (including phenoxy) is 1. The fourth-order valence-corrected chi connectivity index (χ4v) is 3.12. The third-order valence-corrected chi connectivity index (χ3v) is 4.33. The first kappa shape index (κ1) is 16.0. The van der Waals surface area contributed by atoms with E-state index in [9.17, 15) is 5.11 Å². The summed E-state index contributed by atoms with van der Waals surface area (Å²) in [5.41, 5.74) is 4.00. The Morgan fingerprint density at radius 1 is 1.38 bits per heavy atom. The van der Waals surface area contributed by atoms with Gasteiger partial charge in [0, 0.05) is 11.3 Å². The van der Waals surface area contributed by atoms with Crippen molar-refractivity contribution in [2.75, 3.05) is 7.11 Å². The van der Waals surface area contributed by atoms with Crippen molar-refractivity contribution in [1.29, 1.82) is 0 Å². The molecule has 1 aromatic carbocycles. The van der Waals surface area contributed by atoms with Gasteiger partial charge in [0.05, 0.1) is 29.9 Å². The number of hydrogen-bond acceptors (Lipinski definition) is 3. The number of nitrogens with zero attached hydrogens (tertiary/aromatic N) is 2. The number of hydrogen-bond donors (Lipinski definition) is 1. The molecule has 1 unspecified atom stereocenters. The Morgan fingerprint density at radius 2 is 2.10 bits per heavy atom. The van der Waals surface area contributed by atoms with Gasteiger partial charge in [0.15, 0.2) is 0 Å². The molecule has 0 saturated heterocycles. The van der Waals surface area contributed by atoms with Crippen molar-refractivity contribution < 1.29 is 9.84 Å². The van der Waals surface area contributed by atoms with Crippen LogP contribution in [0.3, 0.4) is 0 Å². The van der Waals surface area contributed by atoms with Crippen LogP contribution in [0.1, 0.15) is 42.0 Å². The molecular formula is C16H21BrN2O2. The summed E-state index contributed by atoms with van der Waals surface area (Å²) >= 11 is 3.50. The maximum absolute atomic E-state index is 10.1. The van der Waals surface area contributed by atoms with Crippen LogP contribution in [0.4, 0.5) is 0 Å². The third-order valence-electron chi connectivity index (χ3n) is 3.71. The Labute approximate surface area is 133 Å². The van der Waals surface area contributed by atoms with Gasteiger partial charge in [0.25, 0.3) is 0 Å². The molecule has 0 saturated carbocycles. The molecule has 0 aliphatic rings. The lowest BCUT2D eigenvalue weighted by Gasteiger charge is -2.10. The van der Waals surface area contributed by atoms with Gasteiger partial charge in [-0.3, -0.25) is 4.68 Å². The molecule has 0 aliphatic carbocycles. The number of aliphatic hydroxyl groups excluding tert-OH is 1. The zero-order chi connectivity index (χ0) is 15.6. The zero-order valence-electron chi connectivity index (χ0n) is 12.9. The van der Waals surface area contributed by atoms with Crippen LogP contribution in [0.15, 0.2) is 22.7 Å². The average Bonchev–Trinajstić information content (AvgIpc) is 2.73. The van der Waals surface area contributed by atoms with E-state index in [1.807, 2.05) is 43.7 Å². The van der Waals surface area contributed by atoms with Crippen LogP contribution in [-0.2, 0) is 6.54 Å².